The van der Waals surface area contributed by atoms with Gasteiger partial charge in [-0.05, 0) is 75.0 Å². The quantitative estimate of drug-likeness (QED) is 0.850. The highest BCUT2D eigenvalue weighted by Gasteiger charge is 2.37. The van der Waals surface area contributed by atoms with E-state index < -0.39 is 0 Å². The highest BCUT2D eigenvalue weighted by Crippen LogP contribution is 2.42. The lowest BCUT2D eigenvalue weighted by Crippen LogP contribution is -2.42. The molecule has 0 heterocycles. The van der Waals surface area contributed by atoms with Crippen molar-refractivity contribution in [2.24, 2.45) is 5.92 Å². The zero-order valence-corrected chi connectivity index (χ0v) is 13.3. The first kappa shape index (κ1) is 14.1. The molecule has 2 aliphatic carbocycles. The van der Waals surface area contributed by atoms with Crippen LogP contribution < -0.4 is 5.32 Å². The molecule has 2 fully saturated rings. The lowest BCUT2D eigenvalue weighted by molar-refractivity contribution is 0.233. The van der Waals surface area contributed by atoms with Gasteiger partial charge in [-0.25, -0.2) is 0 Å². The fraction of sp³-hybridized carbons (Fsp3) is 0.684. The standard InChI is InChI=1S/C19H29N/c1-14-8-10-19(11-9-14,13-20-18-6-7-18)17-5-4-15(2)16(3)12-17/h4-5,12,14,18,20H,6-11,13H2,1-3H3. The Morgan fingerprint density at radius 3 is 2.35 bits per heavy atom. The normalized spacial score (nSPS) is 30.4. The van der Waals surface area contributed by atoms with Gasteiger partial charge < -0.3 is 5.32 Å². The SMILES string of the molecule is Cc1ccc(C2(CNC3CC3)CCC(C)CC2)cc1C. The Bertz CT molecular complexity index is 465. The lowest BCUT2D eigenvalue weighted by Gasteiger charge is -2.40. The Morgan fingerprint density at radius 1 is 1.05 bits per heavy atom. The van der Waals surface area contributed by atoms with Crippen LogP contribution in [0.15, 0.2) is 18.2 Å². The molecule has 0 amide bonds. The van der Waals surface area contributed by atoms with Gasteiger partial charge in [0.2, 0.25) is 0 Å². The summed E-state index contributed by atoms with van der Waals surface area (Å²) in [5.41, 5.74) is 4.85. The molecule has 1 N–H and O–H groups in total. The molecule has 0 spiro atoms. The van der Waals surface area contributed by atoms with Gasteiger partial charge in [-0.3, -0.25) is 0 Å². The molecule has 2 saturated carbocycles. The monoisotopic (exact) mass is 271 g/mol. The summed E-state index contributed by atoms with van der Waals surface area (Å²) in [7, 11) is 0. The molecule has 3 rings (SSSR count). The maximum atomic E-state index is 3.81. The minimum atomic E-state index is 0.396. The molecule has 1 nitrogen and oxygen atoms in total. The van der Waals surface area contributed by atoms with Gasteiger partial charge in [0.15, 0.2) is 0 Å². The molecule has 2 aliphatic rings. The Labute approximate surface area is 124 Å². The van der Waals surface area contributed by atoms with E-state index in [1.807, 2.05) is 0 Å². The van der Waals surface area contributed by atoms with Gasteiger partial charge >= 0.3 is 0 Å². The molecule has 0 bridgehead atoms. The topological polar surface area (TPSA) is 12.0 Å². The Hall–Kier alpha value is -0.820. The Balaban J connectivity index is 1.84. The van der Waals surface area contributed by atoms with E-state index in [-0.39, 0.29) is 0 Å². The summed E-state index contributed by atoms with van der Waals surface area (Å²) in [6.45, 7) is 8.08. The highest BCUT2D eigenvalue weighted by atomic mass is 15.0. The molecule has 0 unspecified atom stereocenters. The summed E-state index contributed by atoms with van der Waals surface area (Å²) >= 11 is 0. The van der Waals surface area contributed by atoms with Crippen LogP contribution in [0.5, 0.6) is 0 Å². The summed E-state index contributed by atoms with van der Waals surface area (Å²) in [4.78, 5) is 0. The number of benzene rings is 1. The average molecular weight is 271 g/mol. The minimum Gasteiger partial charge on any atom is -0.313 e. The van der Waals surface area contributed by atoms with E-state index in [0.29, 0.717) is 5.41 Å². The average Bonchev–Trinajstić information content (AvgIpc) is 3.26. The van der Waals surface area contributed by atoms with Crippen LogP contribution in [0.2, 0.25) is 0 Å². The summed E-state index contributed by atoms with van der Waals surface area (Å²) in [5, 5.41) is 3.81. The Kier molecular flexibility index (Phi) is 3.90. The molecular weight excluding hydrogens is 242 g/mol. The summed E-state index contributed by atoms with van der Waals surface area (Å²) in [6, 6.07) is 7.99. The van der Waals surface area contributed by atoms with Crippen molar-refractivity contribution in [1.29, 1.82) is 0 Å². The van der Waals surface area contributed by atoms with Gasteiger partial charge in [0, 0.05) is 18.0 Å². The highest BCUT2D eigenvalue weighted by molar-refractivity contribution is 5.35. The van der Waals surface area contributed by atoms with Gasteiger partial charge in [0.05, 0.1) is 0 Å². The third-order valence-electron chi connectivity index (χ3n) is 5.66. The maximum absolute atomic E-state index is 3.81. The molecule has 0 saturated heterocycles. The fourth-order valence-electron chi connectivity index (χ4n) is 3.58. The van der Waals surface area contributed by atoms with Crippen molar-refractivity contribution in [3.05, 3.63) is 34.9 Å². The lowest BCUT2D eigenvalue weighted by atomic mass is 9.66. The van der Waals surface area contributed by atoms with Crippen molar-refractivity contribution in [2.45, 2.75) is 70.8 Å². The smallest absolute Gasteiger partial charge is 0.00781 e. The first-order valence-corrected chi connectivity index (χ1v) is 8.40. The van der Waals surface area contributed by atoms with E-state index in [1.54, 1.807) is 5.56 Å². The summed E-state index contributed by atoms with van der Waals surface area (Å²) < 4.78 is 0. The first-order valence-electron chi connectivity index (χ1n) is 8.40. The second kappa shape index (κ2) is 5.52. The maximum Gasteiger partial charge on any atom is 0.00781 e. The van der Waals surface area contributed by atoms with Gasteiger partial charge in [-0.2, -0.15) is 0 Å². The number of aryl methyl sites for hydroxylation is 2. The van der Waals surface area contributed by atoms with E-state index in [9.17, 15) is 0 Å². The molecular formula is C19H29N. The van der Waals surface area contributed by atoms with E-state index in [4.69, 9.17) is 0 Å². The first-order chi connectivity index (χ1) is 9.59. The van der Waals surface area contributed by atoms with E-state index in [2.05, 4.69) is 44.3 Å². The molecule has 20 heavy (non-hydrogen) atoms. The largest absolute Gasteiger partial charge is 0.313 e. The van der Waals surface area contributed by atoms with Gasteiger partial charge in [0.25, 0.3) is 0 Å². The van der Waals surface area contributed by atoms with Crippen molar-refractivity contribution < 1.29 is 0 Å². The van der Waals surface area contributed by atoms with Crippen molar-refractivity contribution in [3.8, 4) is 0 Å². The predicted octanol–water partition coefficient (Wildman–Crippen LogP) is 4.50. The van der Waals surface area contributed by atoms with Crippen molar-refractivity contribution >= 4 is 0 Å². The van der Waals surface area contributed by atoms with Crippen LogP contribution in [0, 0.1) is 19.8 Å². The van der Waals surface area contributed by atoms with E-state index >= 15 is 0 Å². The van der Waals surface area contributed by atoms with Crippen LogP contribution in [-0.2, 0) is 5.41 Å². The number of rotatable bonds is 4. The molecule has 1 heteroatoms. The number of hydrogen-bond donors (Lipinski definition) is 1. The molecule has 0 radical (unpaired) electrons. The molecule has 0 aromatic heterocycles. The van der Waals surface area contributed by atoms with Crippen LogP contribution in [-0.4, -0.2) is 12.6 Å². The van der Waals surface area contributed by atoms with Crippen LogP contribution in [0.4, 0.5) is 0 Å². The number of nitrogens with one attached hydrogen (secondary N) is 1. The van der Waals surface area contributed by atoms with E-state index in [1.165, 1.54) is 56.2 Å². The second-order valence-electron chi connectivity index (χ2n) is 7.42. The Morgan fingerprint density at radius 2 is 1.75 bits per heavy atom. The van der Waals surface area contributed by atoms with Crippen LogP contribution in [0.3, 0.4) is 0 Å². The molecule has 1 aromatic carbocycles. The van der Waals surface area contributed by atoms with Crippen LogP contribution >= 0.6 is 0 Å². The van der Waals surface area contributed by atoms with Crippen molar-refractivity contribution in [3.63, 3.8) is 0 Å². The molecule has 0 atom stereocenters. The zero-order chi connectivity index (χ0) is 14.2. The molecule has 110 valence electrons. The fourth-order valence-corrected chi connectivity index (χ4v) is 3.58. The van der Waals surface area contributed by atoms with Gasteiger partial charge in [-0.1, -0.05) is 25.1 Å². The molecule has 0 aliphatic heterocycles. The van der Waals surface area contributed by atoms with Gasteiger partial charge in [-0.15, -0.1) is 0 Å². The summed E-state index contributed by atoms with van der Waals surface area (Å²) in [5.74, 6) is 0.913. The van der Waals surface area contributed by atoms with Crippen LogP contribution in [0.1, 0.15) is 62.1 Å². The third-order valence-corrected chi connectivity index (χ3v) is 5.66. The predicted molar refractivity (Wildman–Crippen MR) is 86.3 cm³/mol. The summed E-state index contributed by atoms with van der Waals surface area (Å²) in [6.07, 6.45) is 8.27. The van der Waals surface area contributed by atoms with E-state index in [0.717, 1.165) is 12.0 Å². The van der Waals surface area contributed by atoms with Crippen molar-refractivity contribution in [2.75, 3.05) is 6.54 Å². The third kappa shape index (κ3) is 2.93. The van der Waals surface area contributed by atoms with Gasteiger partial charge in [0.1, 0.15) is 0 Å². The zero-order valence-electron chi connectivity index (χ0n) is 13.3. The number of hydrogen-bond acceptors (Lipinski definition) is 1. The minimum absolute atomic E-state index is 0.396. The second-order valence-corrected chi connectivity index (χ2v) is 7.42. The molecule has 1 aromatic rings. The van der Waals surface area contributed by atoms with Crippen molar-refractivity contribution in [1.82, 2.24) is 5.32 Å². The van der Waals surface area contributed by atoms with Crippen LogP contribution in [0.25, 0.3) is 0 Å².